The van der Waals surface area contributed by atoms with Crippen molar-refractivity contribution in [2.45, 2.75) is 53.0 Å². The second-order valence-corrected chi connectivity index (χ2v) is 8.49. The van der Waals surface area contributed by atoms with Gasteiger partial charge in [-0.2, -0.15) is 5.26 Å². The molecule has 0 N–H and O–H groups in total. The maximum Gasteiger partial charge on any atom is 0.101 e. The molecular formula is C25H32ClN3. The number of nitriles is 1. The van der Waals surface area contributed by atoms with Gasteiger partial charge in [0.05, 0.1) is 10.6 Å². The molecule has 1 spiro atoms. The van der Waals surface area contributed by atoms with E-state index >= 15 is 0 Å². The number of halogens is 1. The Kier molecular flexibility index (Phi) is 6.75. The van der Waals surface area contributed by atoms with Crippen LogP contribution in [0, 0.1) is 23.7 Å². The first kappa shape index (κ1) is 21.5. The molecule has 2 aromatic carbocycles. The Morgan fingerprint density at radius 2 is 1.55 bits per heavy atom. The van der Waals surface area contributed by atoms with Gasteiger partial charge in [-0.3, -0.25) is 0 Å². The van der Waals surface area contributed by atoms with Gasteiger partial charge in [0, 0.05) is 37.1 Å². The lowest BCUT2D eigenvalue weighted by molar-refractivity contribution is 0.205. The highest BCUT2D eigenvalue weighted by Crippen LogP contribution is 2.47. The highest BCUT2D eigenvalue weighted by atomic mass is 35.5. The largest absolute Gasteiger partial charge is 0.371 e. The zero-order valence-electron chi connectivity index (χ0n) is 18.1. The van der Waals surface area contributed by atoms with Gasteiger partial charge in [0.25, 0.3) is 0 Å². The molecule has 0 aromatic heterocycles. The lowest BCUT2D eigenvalue weighted by Crippen LogP contribution is -2.46. The van der Waals surface area contributed by atoms with Crippen LogP contribution in [0.25, 0.3) is 0 Å². The Labute approximate surface area is 180 Å². The van der Waals surface area contributed by atoms with Gasteiger partial charge >= 0.3 is 0 Å². The molecular weight excluding hydrogens is 378 g/mol. The maximum atomic E-state index is 9.11. The van der Waals surface area contributed by atoms with Gasteiger partial charge in [-0.15, -0.1) is 0 Å². The molecule has 2 fully saturated rings. The average molecular weight is 410 g/mol. The van der Waals surface area contributed by atoms with Crippen molar-refractivity contribution in [2.75, 3.05) is 29.4 Å². The molecule has 2 aromatic rings. The van der Waals surface area contributed by atoms with Crippen molar-refractivity contribution in [2.24, 2.45) is 5.41 Å². The van der Waals surface area contributed by atoms with Crippen molar-refractivity contribution in [3.05, 3.63) is 58.6 Å². The van der Waals surface area contributed by atoms with Crippen molar-refractivity contribution in [1.82, 2.24) is 0 Å². The zero-order chi connectivity index (χ0) is 21.0. The van der Waals surface area contributed by atoms with Crippen molar-refractivity contribution >= 4 is 23.0 Å². The second-order valence-electron chi connectivity index (χ2n) is 8.08. The quantitative estimate of drug-likeness (QED) is 0.572. The van der Waals surface area contributed by atoms with Crippen LogP contribution in [0.4, 0.5) is 11.4 Å². The zero-order valence-corrected chi connectivity index (χ0v) is 18.8. The van der Waals surface area contributed by atoms with E-state index in [0.717, 1.165) is 25.3 Å². The Morgan fingerprint density at radius 3 is 2.14 bits per heavy atom. The van der Waals surface area contributed by atoms with Gasteiger partial charge in [-0.05, 0) is 68.9 Å². The summed E-state index contributed by atoms with van der Waals surface area (Å²) < 4.78 is 0. The van der Waals surface area contributed by atoms with E-state index in [1.165, 1.54) is 30.5 Å². The summed E-state index contributed by atoms with van der Waals surface area (Å²) in [4.78, 5) is 5.01. The van der Waals surface area contributed by atoms with Gasteiger partial charge in [-0.1, -0.05) is 43.1 Å². The first-order valence-electron chi connectivity index (χ1n) is 10.8. The maximum absolute atomic E-state index is 9.11. The first-order chi connectivity index (χ1) is 14.0. The number of nitrogens with zero attached hydrogens (tertiary/aromatic N) is 3. The van der Waals surface area contributed by atoms with E-state index in [4.69, 9.17) is 16.9 Å². The Morgan fingerprint density at radius 1 is 0.966 bits per heavy atom. The molecule has 0 radical (unpaired) electrons. The predicted octanol–water partition coefficient (Wildman–Crippen LogP) is 6.43. The van der Waals surface area contributed by atoms with Crippen LogP contribution in [0.2, 0.25) is 5.02 Å². The summed E-state index contributed by atoms with van der Waals surface area (Å²) >= 11 is 6.28. The molecule has 0 amide bonds. The van der Waals surface area contributed by atoms with Crippen LogP contribution >= 0.6 is 11.6 Å². The Hall–Kier alpha value is -2.18. The van der Waals surface area contributed by atoms with Gasteiger partial charge in [0.15, 0.2) is 0 Å². The summed E-state index contributed by atoms with van der Waals surface area (Å²) in [5.41, 5.74) is 4.73. The molecule has 154 valence electrons. The fraction of sp³-hybridized carbons (Fsp3) is 0.480. The lowest BCUT2D eigenvalue weighted by atomic mass is 9.73. The molecule has 29 heavy (non-hydrogen) atoms. The van der Waals surface area contributed by atoms with Crippen LogP contribution in [0.1, 0.15) is 51.2 Å². The standard InChI is InChI=1S/C23H26ClN3.C2H6/c1-17-3-6-20(7-4-17)26-12-9-23(10-13-26)11-14-27(18(23)2)21-8-5-19(16-25)22(24)15-21;1-2/h3-8,15,18H,9-14H2,1-2H3;1-2H3. The minimum Gasteiger partial charge on any atom is -0.371 e. The molecule has 4 heteroatoms. The summed E-state index contributed by atoms with van der Waals surface area (Å²) in [6, 6.07) is 17.4. The predicted molar refractivity (Wildman–Crippen MR) is 124 cm³/mol. The van der Waals surface area contributed by atoms with Crippen LogP contribution in [0.5, 0.6) is 0 Å². The van der Waals surface area contributed by atoms with E-state index in [0.29, 0.717) is 22.0 Å². The van der Waals surface area contributed by atoms with Crippen LogP contribution < -0.4 is 9.80 Å². The summed E-state index contributed by atoms with van der Waals surface area (Å²) in [6.45, 7) is 11.8. The molecule has 0 saturated carbocycles. The number of rotatable bonds is 2. The summed E-state index contributed by atoms with van der Waals surface area (Å²) in [5, 5.41) is 9.66. The van der Waals surface area contributed by atoms with Gasteiger partial charge in [0.1, 0.15) is 6.07 Å². The van der Waals surface area contributed by atoms with Crippen LogP contribution in [-0.2, 0) is 0 Å². The van der Waals surface area contributed by atoms with E-state index in [1.54, 1.807) is 0 Å². The lowest BCUT2D eigenvalue weighted by Gasteiger charge is -2.44. The number of piperidine rings is 1. The van der Waals surface area contributed by atoms with Gasteiger partial charge in [-0.25, -0.2) is 0 Å². The van der Waals surface area contributed by atoms with Gasteiger partial charge < -0.3 is 9.80 Å². The molecule has 1 atom stereocenters. The molecule has 2 aliphatic heterocycles. The molecule has 2 heterocycles. The Balaban J connectivity index is 0.00000117. The fourth-order valence-electron chi connectivity index (χ4n) is 4.84. The third-order valence-electron chi connectivity index (χ3n) is 6.77. The number of hydrogen-bond acceptors (Lipinski definition) is 3. The SMILES string of the molecule is CC.Cc1ccc(N2CCC3(CC2)CCN(c2ccc(C#N)c(Cl)c2)C3C)cc1. The number of anilines is 2. The van der Waals surface area contributed by atoms with Crippen molar-refractivity contribution < 1.29 is 0 Å². The van der Waals surface area contributed by atoms with E-state index < -0.39 is 0 Å². The highest BCUT2D eigenvalue weighted by Gasteiger charge is 2.46. The molecule has 4 rings (SSSR count). The molecule has 2 saturated heterocycles. The van der Waals surface area contributed by atoms with Crippen molar-refractivity contribution in [3.63, 3.8) is 0 Å². The summed E-state index contributed by atoms with van der Waals surface area (Å²) in [7, 11) is 0. The summed E-state index contributed by atoms with van der Waals surface area (Å²) in [5.74, 6) is 0. The van der Waals surface area contributed by atoms with E-state index in [2.05, 4.69) is 54.0 Å². The molecule has 0 aliphatic carbocycles. The van der Waals surface area contributed by atoms with Crippen LogP contribution in [-0.4, -0.2) is 25.7 Å². The topological polar surface area (TPSA) is 30.3 Å². The van der Waals surface area contributed by atoms with Crippen molar-refractivity contribution in [3.8, 4) is 6.07 Å². The third kappa shape index (κ3) is 4.23. The van der Waals surface area contributed by atoms with E-state index in [9.17, 15) is 0 Å². The first-order valence-corrected chi connectivity index (χ1v) is 11.2. The fourth-order valence-corrected chi connectivity index (χ4v) is 5.05. The van der Waals surface area contributed by atoms with E-state index in [-0.39, 0.29) is 0 Å². The van der Waals surface area contributed by atoms with Gasteiger partial charge in [0.2, 0.25) is 0 Å². The molecule has 3 nitrogen and oxygen atoms in total. The minimum absolute atomic E-state index is 0.377. The highest BCUT2D eigenvalue weighted by molar-refractivity contribution is 6.32. The average Bonchev–Trinajstić information content (AvgIpc) is 3.06. The number of hydrogen-bond donors (Lipinski definition) is 0. The minimum atomic E-state index is 0.377. The third-order valence-corrected chi connectivity index (χ3v) is 7.08. The van der Waals surface area contributed by atoms with E-state index in [1.807, 2.05) is 32.0 Å². The molecule has 2 aliphatic rings. The normalized spacial score (nSPS) is 20.2. The number of benzene rings is 2. The van der Waals surface area contributed by atoms with Crippen LogP contribution in [0.3, 0.4) is 0 Å². The summed E-state index contributed by atoms with van der Waals surface area (Å²) in [6.07, 6.45) is 3.68. The van der Waals surface area contributed by atoms with Crippen LogP contribution in [0.15, 0.2) is 42.5 Å². The Bertz CT molecular complexity index is 861. The number of aryl methyl sites for hydroxylation is 1. The monoisotopic (exact) mass is 409 g/mol. The molecule has 1 unspecified atom stereocenters. The second kappa shape index (κ2) is 9.09. The molecule has 0 bridgehead atoms. The smallest absolute Gasteiger partial charge is 0.101 e. The van der Waals surface area contributed by atoms with Crippen molar-refractivity contribution in [1.29, 1.82) is 5.26 Å².